The zero-order valence-electron chi connectivity index (χ0n) is 12.0. The predicted molar refractivity (Wildman–Crippen MR) is 74.1 cm³/mol. The summed E-state index contributed by atoms with van der Waals surface area (Å²) in [7, 11) is 0. The summed E-state index contributed by atoms with van der Waals surface area (Å²) in [6, 6.07) is 3.99. The number of hydrogen-bond donors (Lipinski definition) is 0. The van der Waals surface area contributed by atoms with Gasteiger partial charge in [0.05, 0.1) is 6.61 Å². The monoisotopic (exact) mass is 298 g/mol. The van der Waals surface area contributed by atoms with E-state index in [4.69, 9.17) is 13.1 Å². The summed E-state index contributed by atoms with van der Waals surface area (Å²) in [6.07, 6.45) is -1.69. The first-order valence-electron chi connectivity index (χ1n) is 6.44. The highest BCUT2D eigenvalue weighted by Gasteiger charge is 2.43. The number of benzene rings is 1. The molecule has 1 aliphatic rings. The molecule has 1 unspecified atom stereocenters. The van der Waals surface area contributed by atoms with Crippen LogP contribution < -0.4 is 0 Å². The van der Waals surface area contributed by atoms with Crippen LogP contribution in [0.25, 0.3) is 0 Å². The second-order valence-electron chi connectivity index (χ2n) is 4.80. The molecule has 2 rings (SSSR count). The first kappa shape index (κ1) is 15.2. The first-order valence-corrected chi connectivity index (χ1v) is 7.44. The predicted octanol–water partition coefficient (Wildman–Crippen LogP) is 2.21. The summed E-state index contributed by atoms with van der Waals surface area (Å²) in [6.45, 7) is 7.81. The van der Waals surface area contributed by atoms with Gasteiger partial charge >= 0.3 is 17.3 Å². The van der Waals surface area contributed by atoms with Gasteiger partial charge in [-0.2, -0.15) is 4.21 Å². The molecule has 0 N–H and O–H groups in total. The van der Waals surface area contributed by atoms with Crippen molar-refractivity contribution in [2.75, 3.05) is 6.61 Å². The highest BCUT2D eigenvalue weighted by atomic mass is 32.2. The summed E-state index contributed by atoms with van der Waals surface area (Å²) in [5.74, 6) is -0.553. The van der Waals surface area contributed by atoms with Crippen LogP contribution in [0.4, 0.5) is 0 Å². The molecule has 20 heavy (non-hydrogen) atoms. The van der Waals surface area contributed by atoms with Crippen molar-refractivity contribution in [2.24, 2.45) is 0 Å². The van der Waals surface area contributed by atoms with Crippen molar-refractivity contribution >= 4 is 17.3 Å². The van der Waals surface area contributed by atoms with Gasteiger partial charge in [0, 0.05) is 0 Å². The van der Waals surface area contributed by atoms with Crippen molar-refractivity contribution in [3.8, 4) is 0 Å². The molecule has 110 valence electrons. The van der Waals surface area contributed by atoms with Gasteiger partial charge in [-0.05, 0) is 44.4 Å². The molecule has 1 heterocycles. The maximum absolute atomic E-state index is 11.9. The van der Waals surface area contributed by atoms with E-state index in [0.717, 1.165) is 22.3 Å². The van der Waals surface area contributed by atoms with E-state index < -0.39 is 29.5 Å². The van der Waals surface area contributed by atoms with Crippen LogP contribution in [-0.4, -0.2) is 22.9 Å². The summed E-state index contributed by atoms with van der Waals surface area (Å²) >= 11 is -1.93. The van der Waals surface area contributed by atoms with E-state index in [1.807, 2.05) is 32.9 Å². The van der Waals surface area contributed by atoms with Gasteiger partial charge < -0.3 is 4.74 Å². The topological polar surface area (TPSA) is 61.8 Å². The number of aryl methyl sites for hydroxylation is 3. The van der Waals surface area contributed by atoms with Crippen molar-refractivity contribution in [3.63, 3.8) is 0 Å². The minimum Gasteiger partial charge on any atom is -0.464 e. The average molecular weight is 298 g/mol. The number of carbonyl (C=O) groups excluding carboxylic acids is 1. The number of hydrogen-bond acceptors (Lipinski definition) is 5. The van der Waals surface area contributed by atoms with Crippen LogP contribution in [0.3, 0.4) is 0 Å². The van der Waals surface area contributed by atoms with Crippen LogP contribution >= 0.6 is 0 Å². The lowest BCUT2D eigenvalue weighted by molar-refractivity contribution is -0.152. The second kappa shape index (κ2) is 6.03. The fourth-order valence-electron chi connectivity index (χ4n) is 2.52. The lowest BCUT2D eigenvalue weighted by atomic mass is 9.93. The Bertz CT molecular complexity index is 531. The van der Waals surface area contributed by atoms with Gasteiger partial charge in [-0.15, -0.1) is 0 Å². The molecule has 1 aromatic rings. The molecule has 1 aromatic carbocycles. The third-order valence-electron chi connectivity index (χ3n) is 3.18. The van der Waals surface area contributed by atoms with Gasteiger partial charge in [-0.25, -0.2) is 8.98 Å². The SMILES string of the molecule is CCOC(=O)[C@@H]1OS(=O)O[C@H]1c1c(C)cc(C)cc1C. The van der Waals surface area contributed by atoms with Crippen LogP contribution in [0.15, 0.2) is 12.1 Å². The molecule has 0 aliphatic carbocycles. The molecule has 0 saturated carbocycles. The van der Waals surface area contributed by atoms with Crippen molar-refractivity contribution < 1.29 is 22.1 Å². The number of rotatable bonds is 3. The molecule has 1 aliphatic heterocycles. The number of ether oxygens (including phenoxy) is 1. The molecule has 0 bridgehead atoms. The van der Waals surface area contributed by atoms with Gasteiger partial charge in [-0.3, -0.25) is 4.18 Å². The molecule has 0 aromatic heterocycles. The smallest absolute Gasteiger partial charge is 0.339 e. The van der Waals surface area contributed by atoms with Crippen molar-refractivity contribution in [1.82, 2.24) is 0 Å². The average Bonchev–Trinajstić information content (AvgIpc) is 2.70. The molecule has 1 fully saturated rings. The third kappa shape index (κ3) is 2.92. The summed E-state index contributed by atoms with van der Waals surface area (Å²) in [4.78, 5) is 11.9. The van der Waals surface area contributed by atoms with Gasteiger partial charge in [0.2, 0.25) is 6.10 Å². The highest BCUT2D eigenvalue weighted by Crippen LogP contribution is 2.36. The Hall–Kier alpha value is -1.24. The van der Waals surface area contributed by atoms with E-state index >= 15 is 0 Å². The van der Waals surface area contributed by atoms with Gasteiger partial charge in [0.25, 0.3) is 0 Å². The minimum absolute atomic E-state index is 0.240. The molecule has 0 spiro atoms. The maximum atomic E-state index is 11.9. The Morgan fingerprint density at radius 2 is 1.85 bits per heavy atom. The lowest BCUT2D eigenvalue weighted by Crippen LogP contribution is -2.28. The fourth-order valence-corrected chi connectivity index (χ4v) is 3.28. The number of esters is 1. The standard InChI is InChI=1S/C14H18O5S/c1-5-17-14(15)13-12(18-20(16)19-13)11-9(3)6-8(2)7-10(11)4/h6-7,12-13H,5H2,1-4H3/t12-,13+,20?/m0/s1. The molecular weight excluding hydrogens is 280 g/mol. The Labute approximate surface area is 121 Å². The van der Waals surface area contributed by atoms with Gasteiger partial charge in [0.15, 0.2) is 0 Å². The Balaban J connectivity index is 2.39. The zero-order chi connectivity index (χ0) is 14.9. The van der Waals surface area contributed by atoms with E-state index in [-0.39, 0.29) is 6.61 Å². The first-order chi connectivity index (χ1) is 9.43. The van der Waals surface area contributed by atoms with E-state index in [1.54, 1.807) is 6.92 Å². The van der Waals surface area contributed by atoms with E-state index in [1.165, 1.54) is 0 Å². The fraction of sp³-hybridized carbons (Fsp3) is 0.500. The normalized spacial score (nSPS) is 25.7. The minimum atomic E-state index is -1.93. The van der Waals surface area contributed by atoms with Crippen LogP contribution in [0, 0.1) is 20.8 Å². The van der Waals surface area contributed by atoms with E-state index in [2.05, 4.69) is 0 Å². The summed E-state index contributed by atoms with van der Waals surface area (Å²) < 4.78 is 26.8. The van der Waals surface area contributed by atoms with Crippen molar-refractivity contribution in [3.05, 3.63) is 34.4 Å². The molecule has 0 radical (unpaired) electrons. The molecule has 3 atom stereocenters. The second-order valence-corrected chi connectivity index (χ2v) is 5.60. The third-order valence-corrected chi connectivity index (χ3v) is 3.91. The van der Waals surface area contributed by atoms with E-state index in [0.29, 0.717) is 0 Å². The lowest BCUT2D eigenvalue weighted by Gasteiger charge is -2.19. The molecular formula is C14H18O5S. The number of carbonyl (C=O) groups is 1. The van der Waals surface area contributed by atoms with Crippen LogP contribution in [0.5, 0.6) is 0 Å². The van der Waals surface area contributed by atoms with Gasteiger partial charge in [-0.1, -0.05) is 17.7 Å². The summed E-state index contributed by atoms with van der Waals surface area (Å²) in [5.41, 5.74) is 3.91. The maximum Gasteiger partial charge on any atom is 0.339 e. The van der Waals surface area contributed by atoms with Crippen molar-refractivity contribution in [1.29, 1.82) is 0 Å². The molecule has 0 amide bonds. The quantitative estimate of drug-likeness (QED) is 0.801. The van der Waals surface area contributed by atoms with E-state index in [9.17, 15) is 9.00 Å². The molecule has 5 nitrogen and oxygen atoms in total. The Morgan fingerprint density at radius 3 is 2.40 bits per heavy atom. The molecule has 6 heteroatoms. The van der Waals surface area contributed by atoms with Crippen molar-refractivity contribution in [2.45, 2.75) is 39.9 Å². The Morgan fingerprint density at radius 1 is 1.25 bits per heavy atom. The van der Waals surface area contributed by atoms with Gasteiger partial charge in [0.1, 0.15) is 6.10 Å². The van der Waals surface area contributed by atoms with Crippen LogP contribution in [0.2, 0.25) is 0 Å². The largest absolute Gasteiger partial charge is 0.464 e. The molecule has 1 saturated heterocycles. The van der Waals surface area contributed by atoms with Crippen LogP contribution in [0.1, 0.15) is 35.3 Å². The van der Waals surface area contributed by atoms with Crippen LogP contribution in [-0.2, 0) is 29.3 Å². The zero-order valence-corrected chi connectivity index (χ0v) is 12.8. The summed E-state index contributed by atoms with van der Waals surface area (Å²) in [5, 5.41) is 0. The Kier molecular flexibility index (Phi) is 4.57. The highest BCUT2D eigenvalue weighted by molar-refractivity contribution is 7.75.